The van der Waals surface area contributed by atoms with Crippen LogP contribution in [0, 0.1) is 0 Å². The number of nitrogens with zero attached hydrogens (tertiary/aromatic N) is 2. The molecule has 1 amide bonds. The Labute approximate surface area is 137 Å². The van der Waals surface area contributed by atoms with E-state index >= 15 is 0 Å². The van der Waals surface area contributed by atoms with Gasteiger partial charge in [0.2, 0.25) is 0 Å². The molecule has 0 unspecified atom stereocenters. The number of carbonyl (C=O) groups excluding carboxylic acids is 1. The third-order valence-electron chi connectivity index (χ3n) is 3.29. The highest BCUT2D eigenvalue weighted by Crippen LogP contribution is 2.09. The Morgan fingerprint density at radius 2 is 2.00 bits per heavy atom. The number of hydrogen-bond acceptors (Lipinski definition) is 2. The van der Waals surface area contributed by atoms with Gasteiger partial charge in [0.05, 0.1) is 6.21 Å². The topological polar surface area (TPSA) is 45.3 Å². The van der Waals surface area contributed by atoms with E-state index in [9.17, 15) is 4.79 Å². The van der Waals surface area contributed by atoms with Gasteiger partial charge in [-0.05, 0) is 23.6 Å². The number of allylic oxidation sites excluding steroid dienone is 1. The lowest BCUT2D eigenvalue weighted by Gasteiger charge is -2.01. The fourth-order valence-corrected chi connectivity index (χ4v) is 2.19. The number of hydrogen-bond donors (Lipinski definition) is 1. The average Bonchev–Trinajstić information content (AvgIpc) is 2.56. The summed E-state index contributed by atoms with van der Waals surface area (Å²) in [7, 11) is 1.88. The maximum absolute atomic E-state index is 12.0. The zero-order valence-corrected chi connectivity index (χ0v) is 13.6. The number of pyridine rings is 1. The molecule has 0 saturated carbocycles. The van der Waals surface area contributed by atoms with Crippen LogP contribution in [-0.4, -0.2) is 12.1 Å². The third-order valence-corrected chi connectivity index (χ3v) is 3.29. The Kier molecular flexibility index (Phi) is 6.24. The Hall–Kier alpha value is -2.75. The fourth-order valence-electron chi connectivity index (χ4n) is 2.19. The van der Waals surface area contributed by atoms with E-state index in [0.717, 1.165) is 24.0 Å². The summed E-state index contributed by atoms with van der Waals surface area (Å²) in [5.74, 6) is -0.215. The zero-order chi connectivity index (χ0) is 16.5. The molecule has 0 radical (unpaired) electrons. The average molecular weight is 308 g/mol. The molecule has 0 fully saturated rings. The van der Waals surface area contributed by atoms with E-state index in [1.165, 1.54) is 0 Å². The predicted molar refractivity (Wildman–Crippen MR) is 92.9 cm³/mol. The Bertz CT molecular complexity index is 706. The number of rotatable bonds is 6. The van der Waals surface area contributed by atoms with E-state index in [2.05, 4.69) is 23.5 Å². The van der Waals surface area contributed by atoms with Crippen molar-refractivity contribution in [2.75, 3.05) is 0 Å². The van der Waals surface area contributed by atoms with Crippen molar-refractivity contribution >= 4 is 18.2 Å². The first kappa shape index (κ1) is 16.6. The molecule has 4 nitrogen and oxygen atoms in total. The molecule has 0 saturated heterocycles. The summed E-state index contributed by atoms with van der Waals surface area (Å²) in [4.78, 5) is 12.0. The van der Waals surface area contributed by atoms with Crippen molar-refractivity contribution in [1.29, 1.82) is 0 Å². The Balaban J connectivity index is 2.04. The number of amides is 1. The van der Waals surface area contributed by atoms with Crippen molar-refractivity contribution in [3.8, 4) is 0 Å². The van der Waals surface area contributed by atoms with Crippen molar-refractivity contribution in [2.24, 2.45) is 12.1 Å². The first-order valence-corrected chi connectivity index (χ1v) is 7.73. The number of aromatic nitrogens is 1. The Morgan fingerprint density at radius 3 is 2.70 bits per heavy atom. The van der Waals surface area contributed by atoms with Crippen molar-refractivity contribution in [3.63, 3.8) is 0 Å². The van der Waals surface area contributed by atoms with Gasteiger partial charge >= 0.3 is 0 Å². The molecule has 4 heteroatoms. The lowest BCUT2D eigenvalue weighted by molar-refractivity contribution is -0.671. The minimum atomic E-state index is -0.215. The van der Waals surface area contributed by atoms with Gasteiger partial charge in [-0.2, -0.15) is 5.10 Å². The largest absolute Gasteiger partial charge is 0.277 e. The van der Waals surface area contributed by atoms with Gasteiger partial charge in [-0.3, -0.25) is 4.79 Å². The Morgan fingerprint density at radius 1 is 1.22 bits per heavy atom. The van der Waals surface area contributed by atoms with Crippen LogP contribution >= 0.6 is 0 Å². The maximum Gasteiger partial charge on any atom is 0.277 e. The summed E-state index contributed by atoms with van der Waals surface area (Å²) in [5.41, 5.74) is 5.37. The van der Waals surface area contributed by atoms with Gasteiger partial charge in [-0.1, -0.05) is 49.8 Å². The number of hydrazone groups is 1. The van der Waals surface area contributed by atoms with Gasteiger partial charge in [-0.25, -0.2) is 9.99 Å². The van der Waals surface area contributed by atoms with Crippen LogP contribution in [0.5, 0.6) is 0 Å². The summed E-state index contributed by atoms with van der Waals surface area (Å²) in [6.45, 7) is 2.12. The van der Waals surface area contributed by atoms with Crippen molar-refractivity contribution in [3.05, 3.63) is 71.6 Å². The van der Waals surface area contributed by atoms with Gasteiger partial charge < -0.3 is 0 Å². The number of carbonyl (C=O) groups is 1. The van der Waals surface area contributed by atoms with E-state index in [1.807, 2.05) is 54.2 Å². The minimum absolute atomic E-state index is 0.215. The maximum atomic E-state index is 12.0. The standard InChI is InChI=1S/C19H21N3O/c1-3-8-17(13-16-9-5-4-6-10-16)14-20-21-19(23)18-11-7-12-22(2)15-18/h4-7,9-15H,3,8H2,1-2H3/p+1/b17-13+,20-14+. The van der Waals surface area contributed by atoms with Crippen LogP contribution < -0.4 is 9.99 Å². The highest BCUT2D eigenvalue weighted by Gasteiger charge is 2.07. The number of aryl methyl sites for hydroxylation is 1. The predicted octanol–water partition coefficient (Wildman–Crippen LogP) is 3.11. The lowest BCUT2D eigenvalue weighted by Crippen LogP contribution is -2.29. The van der Waals surface area contributed by atoms with Crippen molar-refractivity contribution in [1.82, 2.24) is 5.43 Å². The van der Waals surface area contributed by atoms with Gasteiger partial charge in [0.1, 0.15) is 12.6 Å². The van der Waals surface area contributed by atoms with Crippen LogP contribution in [0.4, 0.5) is 0 Å². The molecule has 2 rings (SSSR count). The molecule has 0 aliphatic rings. The van der Waals surface area contributed by atoms with E-state index in [-0.39, 0.29) is 5.91 Å². The third kappa shape index (κ3) is 5.51. The van der Waals surface area contributed by atoms with Crippen LogP contribution in [0.25, 0.3) is 6.08 Å². The van der Waals surface area contributed by atoms with Crippen molar-refractivity contribution in [2.45, 2.75) is 19.8 Å². The quantitative estimate of drug-likeness (QED) is 0.497. The van der Waals surface area contributed by atoms with Crippen LogP contribution in [-0.2, 0) is 7.05 Å². The van der Waals surface area contributed by atoms with Gasteiger partial charge in [-0.15, -0.1) is 0 Å². The first-order valence-electron chi connectivity index (χ1n) is 7.73. The molecule has 1 aromatic heterocycles. The van der Waals surface area contributed by atoms with E-state index < -0.39 is 0 Å². The van der Waals surface area contributed by atoms with Gasteiger partial charge in [0.25, 0.3) is 5.91 Å². The molecule has 1 N–H and O–H groups in total. The molecule has 2 aromatic rings. The highest BCUT2D eigenvalue weighted by atomic mass is 16.2. The van der Waals surface area contributed by atoms with Crippen LogP contribution in [0.1, 0.15) is 35.7 Å². The summed E-state index contributed by atoms with van der Waals surface area (Å²) < 4.78 is 1.83. The summed E-state index contributed by atoms with van der Waals surface area (Å²) in [5, 5.41) is 4.09. The summed E-state index contributed by atoms with van der Waals surface area (Å²) in [6.07, 6.45) is 9.38. The molecule has 23 heavy (non-hydrogen) atoms. The smallest absolute Gasteiger partial charge is 0.267 e. The molecule has 0 atom stereocenters. The molecule has 0 aliphatic heterocycles. The number of benzene rings is 1. The number of nitrogens with one attached hydrogen (secondary N) is 1. The monoisotopic (exact) mass is 308 g/mol. The van der Waals surface area contributed by atoms with E-state index in [1.54, 1.807) is 18.5 Å². The fraction of sp³-hybridized carbons (Fsp3) is 0.211. The molecular formula is C19H22N3O+. The SMILES string of the molecule is CCCC(/C=N/NC(=O)c1ccc[n+](C)c1)=C\c1ccccc1. The molecule has 0 spiro atoms. The molecule has 118 valence electrons. The normalized spacial score (nSPS) is 11.7. The summed E-state index contributed by atoms with van der Waals surface area (Å²) in [6, 6.07) is 13.7. The lowest BCUT2D eigenvalue weighted by atomic mass is 10.1. The second-order valence-electron chi connectivity index (χ2n) is 5.34. The van der Waals surface area contributed by atoms with E-state index in [0.29, 0.717) is 5.56 Å². The van der Waals surface area contributed by atoms with E-state index in [4.69, 9.17) is 0 Å². The molecule has 0 bridgehead atoms. The van der Waals surface area contributed by atoms with Crippen molar-refractivity contribution < 1.29 is 9.36 Å². The highest BCUT2D eigenvalue weighted by molar-refractivity contribution is 5.94. The minimum Gasteiger partial charge on any atom is -0.267 e. The van der Waals surface area contributed by atoms with Crippen LogP contribution in [0.15, 0.2) is 65.5 Å². The first-order chi connectivity index (χ1) is 11.2. The molecule has 1 aromatic carbocycles. The second-order valence-corrected chi connectivity index (χ2v) is 5.34. The second kappa shape index (κ2) is 8.63. The van der Waals surface area contributed by atoms with Gasteiger partial charge in [0.15, 0.2) is 12.4 Å². The summed E-state index contributed by atoms with van der Waals surface area (Å²) >= 11 is 0. The van der Waals surface area contributed by atoms with Gasteiger partial charge in [0, 0.05) is 6.07 Å². The molecule has 0 aliphatic carbocycles. The van der Waals surface area contributed by atoms with Crippen LogP contribution in [0.2, 0.25) is 0 Å². The molecular weight excluding hydrogens is 286 g/mol. The zero-order valence-electron chi connectivity index (χ0n) is 13.6. The van der Waals surface area contributed by atoms with Crippen LogP contribution in [0.3, 0.4) is 0 Å². The molecule has 1 heterocycles.